The zero-order valence-electron chi connectivity index (χ0n) is 12.3. The van der Waals surface area contributed by atoms with Crippen LogP contribution in [0.3, 0.4) is 0 Å². The molecule has 0 atom stereocenters. The van der Waals surface area contributed by atoms with Crippen molar-refractivity contribution in [1.29, 1.82) is 0 Å². The second-order valence-corrected chi connectivity index (χ2v) is 4.56. The molecule has 2 aromatic rings. The van der Waals surface area contributed by atoms with Gasteiger partial charge in [0.1, 0.15) is 17.5 Å². The fraction of sp³-hybridized carbons (Fsp3) is 0.400. The van der Waals surface area contributed by atoms with Gasteiger partial charge in [0.25, 0.3) is 0 Å². The van der Waals surface area contributed by atoms with Gasteiger partial charge in [0.2, 0.25) is 0 Å². The molecular weight excluding hydrogens is 250 g/mol. The molecule has 2 rings (SSSR count). The zero-order chi connectivity index (χ0) is 14.4. The second kappa shape index (κ2) is 6.84. The predicted octanol–water partition coefficient (Wildman–Crippen LogP) is 2.79. The van der Waals surface area contributed by atoms with Crippen LogP contribution in [0.1, 0.15) is 30.8 Å². The normalized spacial score (nSPS) is 10.3. The lowest BCUT2D eigenvalue weighted by Gasteiger charge is -2.14. The molecule has 0 fully saturated rings. The number of aromatic nitrogens is 3. The van der Waals surface area contributed by atoms with E-state index >= 15 is 0 Å². The Balaban J connectivity index is 2.19. The van der Waals surface area contributed by atoms with E-state index in [1.54, 1.807) is 6.20 Å². The van der Waals surface area contributed by atoms with Gasteiger partial charge in [0.05, 0.1) is 0 Å². The van der Waals surface area contributed by atoms with Crippen molar-refractivity contribution in [2.75, 3.05) is 17.2 Å². The van der Waals surface area contributed by atoms with Gasteiger partial charge in [-0.15, -0.1) is 0 Å². The number of nitrogens with zero attached hydrogens (tertiary/aromatic N) is 3. The molecule has 5 heteroatoms. The van der Waals surface area contributed by atoms with Gasteiger partial charge in [0.15, 0.2) is 0 Å². The van der Waals surface area contributed by atoms with Gasteiger partial charge in [-0.3, -0.25) is 4.98 Å². The maximum Gasteiger partial charge on any atom is 0.135 e. The van der Waals surface area contributed by atoms with E-state index < -0.39 is 0 Å². The van der Waals surface area contributed by atoms with Gasteiger partial charge in [0, 0.05) is 37.5 Å². The standard InChI is InChI=1S/C15H21N5/c1-4-13-19-14(17-5-2)11(3)15(20-13)18-10-12-7-6-8-16-9-12/h6-9H,4-5,10H2,1-3H3,(H2,17,18,19,20). The molecule has 2 N–H and O–H groups in total. The molecule has 0 amide bonds. The molecule has 0 aromatic carbocycles. The van der Waals surface area contributed by atoms with Gasteiger partial charge < -0.3 is 10.6 Å². The summed E-state index contributed by atoms with van der Waals surface area (Å²) in [7, 11) is 0. The van der Waals surface area contributed by atoms with E-state index in [1.165, 1.54) is 0 Å². The molecular formula is C15H21N5. The van der Waals surface area contributed by atoms with Gasteiger partial charge in [-0.2, -0.15) is 0 Å². The van der Waals surface area contributed by atoms with Crippen LogP contribution in [0.25, 0.3) is 0 Å². The monoisotopic (exact) mass is 271 g/mol. The zero-order valence-corrected chi connectivity index (χ0v) is 12.3. The van der Waals surface area contributed by atoms with Crippen LogP contribution in [-0.2, 0) is 13.0 Å². The highest BCUT2D eigenvalue weighted by Crippen LogP contribution is 2.20. The molecule has 0 aliphatic heterocycles. The Hall–Kier alpha value is -2.17. The van der Waals surface area contributed by atoms with Crippen LogP contribution in [0.2, 0.25) is 0 Å². The highest BCUT2D eigenvalue weighted by Gasteiger charge is 2.09. The minimum Gasteiger partial charge on any atom is -0.370 e. The average molecular weight is 271 g/mol. The summed E-state index contributed by atoms with van der Waals surface area (Å²) in [4.78, 5) is 13.2. The lowest BCUT2D eigenvalue weighted by molar-refractivity contribution is 0.918. The number of hydrogen-bond donors (Lipinski definition) is 2. The smallest absolute Gasteiger partial charge is 0.135 e. The van der Waals surface area contributed by atoms with Crippen molar-refractivity contribution >= 4 is 11.6 Å². The molecule has 2 aromatic heterocycles. The number of aryl methyl sites for hydroxylation is 1. The minimum absolute atomic E-state index is 0.709. The van der Waals surface area contributed by atoms with Gasteiger partial charge in [-0.05, 0) is 25.5 Å². The van der Waals surface area contributed by atoms with Crippen molar-refractivity contribution in [3.8, 4) is 0 Å². The fourth-order valence-electron chi connectivity index (χ4n) is 1.92. The summed E-state index contributed by atoms with van der Waals surface area (Å²) < 4.78 is 0. The Kier molecular flexibility index (Phi) is 4.87. The van der Waals surface area contributed by atoms with E-state index in [2.05, 4.69) is 39.4 Å². The lowest BCUT2D eigenvalue weighted by Crippen LogP contribution is -2.11. The topological polar surface area (TPSA) is 62.7 Å². The first-order valence-corrected chi connectivity index (χ1v) is 6.98. The first-order chi connectivity index (χ1) is 9.74. The van der Waals surface area contributed by atoms with Crippen molar-refractivity contribution in [2.45, 2.75) is 33.7 Å². The Bertz CT molecular complexity index is 554. The third-order valence-corrected chi connectivity index (χ3v) is 3.04. The molecule has 0 bridgehead atoms. The number of anilines is 2. The van der Waals surface area contributed by atoms with E-state index in [9.17, 15) is 0 Å². The van der Waals surface area contributed by atoms with Gasteiger partial charge in [-0.1, -0.05) is 13.0 Å². The molecule has 0 radical (unpaired) electrons. The number of nitrogens with one attached hydrogen (secondary N) is 2. The maximum atomic E-state index is 4.57. The van der Waals surface area contributed by atoms with E-state index in [0.29, 0.717) is 6.54 Å². The molecule has 20 heavy (non-hydrogen) atoms. The summed E-state index contributed by atoms with van der Waals surface area (Å²) >= 11 is 0. The Morgan fingerprint density at radius 3 is 2.45 bits per heavy atom. The molecule has 0 unspecified atom stereocenters. The molecule has 0 spiro atoms. The molecule has 2 heterocycles. The SMILES string of the molecule is CCNc1nc(CC)nc(NCc2cccnc2)c1C. The van der Waals surface area contributed by atoms with Crippen LogP contribution >= 0.6 is 0 Å². The van der Waals surface area contributed by atoms with Crippen molar-refractivity contribution < 1.29 is 0 Å². The van der Waals surface area contributed by atoms with Crippen molar-refractivity contribution in [2.24, 2.45) is 0 Å². The molecule has 0 aliphatic carbocycles. The van der Waals surface area contributed by atoms with Crippen LogP contribution in [0.4, 0.5) is 11.6 Å². The molecule has 5 nitrogen and oxygen atoms in total. The van der Waals surface area contributed by atoms with Gasteiger partial charge >= 0.3 is 0 Å². The van der Waals surface area contributed by atoms with E-state index in [0.717, 1.165) is 41.6 Å². The Labute approximate surface area is 119 Å². The van der Waals surface area contributed by atoms with Crippen LogP contribution in [0.5, 0.6) is 0 Å². The van der Waals surface area contributed by atoms with Crippen molar-refractivity contribution in [3.05, 3.63) is 41.5 Å². The average Bonchev–Trinajstić information content (AvgIpc) is 2.49. The minimum atomic E-state index is 0.709. The van der Waals surface area contributed by atoms with E-state index in [1.807, 2.05) is 25.3 Å². The summed E-state index contributed by atoms with van der Waals surface area (Å²) in [6.45, 7) is 7.72. The first-order valence-electron chi connectivity index (χ1n) is 6.98. The number of rotatable bonds is 6. The predicted molar refractivity (Wildman–Crippen MR) is 81.9 cm³/mol. The number of pyridine rings is 1. The summed E-state index contributed by atoms with van der Waals surface area (Å²) in [5.74, 6) is 2.64. The van der Waals surface area contributed by atoms with Crippen LogP contribution in [-0.4, -0.2) is 21.5 Å². The fourth-order valence-corrected chi connectivity index (χ4v) is 1.92. The molecule has 0 saturated carbocycles. The third-order valence-electron chi connectivity index (χ3n) is 3.04. The molecule has 0 saturated heterocycles. The lowest BCUT2D eigenvalue weighted by atomic mass is 10.2. The molecule has 106 valence electrons. The van der Waals surface area contributed by atoms with E-state index in [-0.39, 0.29) is 0 Å². The highest BCUT2D eigenvalue weighted by molar-refractivity contribution is 5.57. The summed E-state index contributed by atoms with van der Waals surface area (Å²) in [6, 6.07) is 3.98. The highest BCUT2D eigenvalue weighted by atomic mass is 15.1. The third kappa shape index (κ3) is 3.44. The number of hydrogen-bond acceptors (Lipinski definition) is 5. The van der Waals surface area contributed by atoms with Gasteiger partial charge in [-0.25, -0.2) is 9.97 Å². The summed E-state index contributed by atoms with van der Waals surface area (Å²) in [6.07, 6.45) is 4.45. The summed E-state index contributed by atoms with van der Waals surface area (Å²) in [5.41, 5.74) is 2.18. The largest absolute Gasteiger partial charge is 0.370 e. The van der Waals surface area contributed by atoms with E-state index in [4.69, 9.17) is 0 Å². The van der Waals surface area contributed by atoms with Crippen LogP contribution in [0.15, 0.2) is 24.5 Å². The Morgan fingerprint density at radius 1 is 1.10 bits per heavy atom. The second-order valence-electron chi connectivity index (χ2n) is 4.56. The molecule has 0 aliphatic rings. The van der Waals surface area contributed by atoms with Crippen LogP contribution < -0.4 is 10.6 Å². The van der Waals surface area contributed by atoms with Crippen molar-refractivity contribution in [3.63, 3.8) is 0 Å². The summed E-state index contributed by atoms with van der Waals surface area (Å²) in [5, 5.41) is 6.66. The Morgan fingerprint density at radius 2 is 1.85 bits per heavy atom. The first kappa shape index (κ1) is 14.2. The van der Waals surface area contributed by atoms with Crippen molar-refractivity contribution in [1.82, 2.24) is 15.0 Å². The maximum absolute atomic E-state index is 4.57. The quantitative estimate of drug-likeness (QED) is 0.846. The van der Waals surface area contributed by atoms with Crippen LogP contribution in [0, 0.1) is 6.92 Å².